The molecule has 1 aromatic rings. The first kappa shape index (κ1) is 18.7. The van der Waals surface area contributed by atoms with Gasteiger partial charge in [0.15, 0.2) is 6.10 Å². The lowest BCUT2D eigenvalue weighted by Crippen LogP contribution is -2.40. The Morgan fingerprint density at radius 1 is 1.38 bits per heavy atom. The summed E-state index contributed by atoms with van der Waals surface area (Å²) in [4.78, 5) is 12.3. The monoisotopic (exact) mass is 345 g/mol. The summed E-state index contributed by atoms with van der Waals surface area (Å²) in [7, 11) is 0. The van der Waals surface area contributed by atoms with Crippen molar-refractivity contribution in [1.29, 1.82) is 0 Å². The van der Waals surface area contributed by atoms with Crippen LogP contribution in [0.1, 0.15) is 36.5 Å². The van der Waals surface area contributed by atoms with Crippen LogP contribution in [0.3, 0.4) is 0 Å². The number of halogens is 3. The highest BCUT2D eigenvalue weighted by molar-refractivity contribution is 5.79. The minimum Gasteiger partial charge on any atom is -0.384 e. The maximum atomic E-state index is 12.3. The fraction of sp³-hybridized carbons (Fsp3) is 0.588. The van der Waals surface area contributed by atoms with Crippen molar-refractivity contribution in [1.82, 2.24) is 5.32 Å². The number of alkyl halides is 3. The van der Waals surface area contributed by atoms with Gasteiger partial charge in [-0.3, -0.25) is 4.79 Å². The number of carbonyl (C=O) groups excluding carboxylic acids is 1. The zero-order valence-corrected chi connectivity index (χ0v) is 13.5. The number of aliphatic hydroxyl groups excluding tert-OH is 1. The minimum atomic E-state index is -4.66. The molecule has 24 heavy (non-hydrogen) atoms. The number of aryl methyl sites for hydroxylation is 1. The van der Waals surface area contributed by atoms with Gasteiger partial charge in [-0.05, 0) is 31.7 Å². The highest BCUT2D eigenvalue weighted by atomic mass is 19.4. The number of hydrogen-bond donors (Lipinski definition) is 2. The molecule has 3 atom stereocenters. The molecule has 1 heterocycles. The van der Waals surface area contributed by atoms with Crippen LogP contribution < -0.4 is 5.32 Å². The van der Waals surface area contributed by atoms with Crippen molar-refractivity contribution in [2.24, 2.45) is 5.92 Å². The summed E-state index contributed by atoms with van der Waals surface area (Å²) in [5.41, 5.74) is 1.98. The number of nitrogens with one attached hydrogen (secondary N) is 1. The van der Waals surface area contributed by atoms with Crippen molar-refractivity contribution < 1.29 is 27.8 Å². The molecule has 0 radical (unpaired) electrons. The molecule has 1 aliphatic heterocycles. The summed E-state index contributed by atoms with van der Waals surface area (Å²) in [5.74, 6) is -0.779. The van der Waals surface area contributed by atoms with Gasteiger partial charge in [-0.2, -0.15) is 13.2 Å². The molecule has 1 saturated heterocycles. The summed E-state index contributed by atoms with van der Waals surface area (Å²) in [6, 6.07) is 7.67. The van der Waals surface area contributed by atoms with Crippen molar-refractivity contribution in [3.05, 3.63) is 35.4 Å². The Balaban J connectivity index is 1.94. The number of carbonyl (C=O) groups is 1. The molecule has 2 N–H and O–H groups in total. The van der Waals surface area contributed by atoms with E-state index in [1.54, 1.807) is 0 Å². The molecule has 0 unspecified atom stereocenters. The molecule has 0 aliphatic carbocycles. The Morgan fingerprint density at radius 3 is 2.67 bits per heavy atom. The van der Waals surface area contributed by atoms with Gasteiger partial charge in [0, 0.05) is 13.2 Å². The normalized spacial score (nSPS) is 22.9. The van der Waals surface area contributed by atoms with E-state index < -0.39 is 30.7 Å². The van der Waals surface area contributed by atoms with Gasteiger partial charge in [0.25, 0.3) is 0 Å². The zero-order chi connectivity index (χ0) is 17.7. The van der Waals surface area contributed by atoms with Crippen LogP contribution in [0, 0.1) is 12.8 Å². The first-order valence-electron chi connectivity index (χ1n) is 7.99. The van der Waals surface area contributed by atoms with E-state index in [1.165, 1.54) is 0 Å². The van der Waals surface area contributed by atoms with Gasteiger partial charge < -0.3 is 15.2 Å². The molecule has 2 rings (SSSR count). The van der Waals surface area contributed by atoms with Crippen molar-refractivity contribution in [2.45, 2.75) is 44.6 Å². The number of benzene rings is 1. The first-order chi connectivity index (χ1) is 11.3. The van der Waals surface area contributed by atoms with Gasteiger partial charge >= 0.3 is 6.18 Å². The van der Waals surface area contributed by atoms with Crippen molar-refractivity contribution in [2.75, 3.05) is 13.2 Å². The zero-order valence-electron chi connectivity index (χ0n) is 13.5. The molecular weight excluding hydrogens is 323 g/mol. The van der Waals surface area contributed by atoms with Crippen LogP contribution >= 0.6 is 0 Å². The van der Waals surface area contributed by atoms with Crippen LogP contribution in [0.25, 0.3) is 0 Å². The lowest BCUT2D eigenvalue weighted by molar-refractivity contribution is -0.205. The van der Waals surface area contributed by atoms with Crippen molar-refractivity contribution >= 4 is 5.91 Å². The Kier molecular flexibility index (Phi) is 6.23. The smallest absolute Gasteiger partial charge is 0.384 e. The standard InChI is InChI=1S/C17H22F3NO3/c1-11-4-6-12(7-5-11)15-13(3-2-10-24-15)16(23)21-9-8-14(22)17(18,19)20/h4-7,13-15,22H,2-3,8-10H2,1H3,(H,21,23)/t13-,14-,15-/m0/s1. The molecule has 7 heteroatoms. The van der Waals surface area contributed by atoms with Gasteiger partial charge in [-0.15, -0.1) is 0 Å². The summed E-state index contributed by atoms with van der Waals surface area (Å²) in [5, 5.41) is 11.5. The molecule has 1 fully saturated rings. The predicted molar refractivity (Wildman–Crippen MR) is 82.3 cm³/mol. The van der Waals surface area contributed by atoms with Gasteiger partial charge in [0.05, 0.1) is 12.0 Å². The minimum absolute atomic E-state index is 0.226. The van der Waals surface area contributed by atoms with Crippen LogP contribution in [0.15, 0.2) is 24.3 Å². The third-order valence-corrected chi connectivity index (χ3v) is 4.16. The molecule has 1 aromatic carbocycles. The number of rotatable bonds is 5. The molecule has 1 amide bonds. The number of ether oxygens (including phenoxy) is 1. The van der Waals surface area contributed by atoms with Crippen LogP contribution in [0.4, 0.5) is 13.2 Å². The maximum absolute atomic E-state index is 12.3. The van der Waals surface area contributed by atoms with Crippen LogP contribution in [0.5, 0.6) is 0 Å². The molecule has 0 bridgehead atoms. The average molecular weight is 345 g/mol. The second-order valence-corrected chi connectivity index (χ2v) is 6.09. The van der Waals surface area contributed by atoms with Gasteiger partial charge in [-0.25, -0.2) is 0 Å². The molecule has 0 spiro atoms. The Bertz CT molecular complexity index is 545. The second-order valence-electron chi connectivity index (χ2n) is 6.09. The summed E-state index contributed by atoms with van der Waals surface area (Å²) in [6.07, 6.45) is -6.70. The van der Waals surface area contributed by atoms with E-state index in [9.17, 15) is 18.0 Å². The fourth-order valence-electron chi connectivity index (χ4n) is 2.76. The number of hydrogen-bond acceptors (Lipinski definition) is 3. The summed E-state index contributed by atoms with van der Waals surface area (Å²) >= 11 is 0. The van der Waals surface area contributed by atoms with E-state index in [2.05, 4.69) is 5.32 Å². The third kappa shape index (κ3) is 4.95. The van der Waals surface area contributed by atoms with Crippen LogP contribution in [-0.4, -0.2) is 36.4 Å². The van der Waals surface area contributed by atoms with Crippen molar-refractivity contribution in [3.8, 4) is 0 Å². The van der Waals surface area contributed by atoms with E-state index >= 15 is 0 Å². The third-order valence-electron chi connectivity index (χ3n) is 4.16. The van der Waals surface area contributed by atoms with E-state index in [4.69, 9.17) is 9.84 Å². The first-order valence-corrected chi connectivity index (χ1v) is 7.99. The Morgan fingerprint density at radius 2 is 2.04 bits per heavy atom. The van der Waals surface area contributed by atoms with Crippen molar-refractivity contribution in [3.63, 3.8) is 0 Å². The molecule has 0 saturated carbocycles. The fourth-order valence-corrected chi connectivity index (χ4v) is 2.76. The Hall–Kier alpha value is -1.60. The number of aliphatic hydroxyl groups is 1. The van der Waals surface area contributed by atoms with Gasteiger partial charge in [0.1, 0.15) is 0 Å². The SMILES string of the molecule is Cc1ccc([C@@H]2OCCC[C@@H]2C(=O)NCC[C@H](O)C(F)(F)F)cc1. The lowest BCUT2D eigenvalue weighted by Gasteiger charge is -2.31. The summed E-state index contributed by atoms with van der Waals surface area (Å²) in [6.45, 7) is 2.29. The van der Waals surface area contributed by atoms with E-state index in [-0.39, 0.29) is 12.5 Å². The number of amides is 1. The molecule has 0 aromatic heterocycles. The molecule has 4 nitrogen and oxygen atoms in total. The Labute approximate surface area is 139 Å². The topological polar surface area (TPSA) is 58.6 Å². The maximum Gasteiger partial charge on any atom is 0.414 e. The molecular formula is C17H22F3NO3. The average Bonchev–Trinajstić information content (AvgIpc) is 2.54. The predicted octanol–water partition coefficient (Wildman–Crippen LogP) is 2.89. The van der Waals surface area contributed by atoms with Gasteiger partial charge in [-0.1, -0.05) is 29.8 Å². The van der Waals surface area contributed by atoms with E-state index in [0.29, 0.717) is 13.0 Å². The lowest BCUT2D eigenvalue weighted by atomic mass is 9.88. The summed E-state index contributed by atoms with van der Waals surface area (Å²) < 4.78 is 42.5. The highest BCUT2D eigenvalue weighted by Crippen LogP contribution is 2.34. The van der Waals surface area contributed by atoms with Crippen LogP contribution in [0.2, 0.25) is 0 Å². The largest absolute Gasteiger partial charge is 0.414 e. The van der Waals surface area contributed by atoms with Gasteiger partial charge in [0.2, 0.25) is 5.91 Å². The van der Waals surface area contributed by atoms with E-state index in [1.807, 2.05) is 31.2 Å². The van der Waals surface area contributed by atoms with E-state index in [0.717, 1.165) is 17.5 Å². The van der Waals surface area contributed by atoms with Crippen LogP contribution in [-0.2, 0) is 9.53 Å². The second kappa shape index (κ2) is 7.98. The molecule has 1 aliphatic rings. The molecule has 134 valence electrons. The highest BCUT2D eigenvalue weighted by Gasteiger charge is 2.38. The quantitative estimate of drug-likeness (QED) is 0.863.